The molecule has 106 valence electrons. The fraction of sp³-hybridized carbons (Fsp3) is 0.462. The van der Waals surface area contributed by atoms with Crippen molar-refractivity contribution in [3.8, 4) is 0 Å². The zero-order valence-corrected chi connectivity index (χ0v) is 12.9. The van der Waals surface area contributed by atoms with E-state index in [-0.39, 0.29) is 17.2 Å². The van der Waals surface area contributed by atoms with Crippen LogP contribution in [0.1, 0.15) is 20.3 Å². The number of benzene rings is 1. The van der Waals surface area contributed by atoms with Crippen LogP contribution in [0, 0.1) is 11.8 Å². The molecule has 1 saturated heterocycles. The van der Waals surface area contributed by atoms with E-state index >= 15 is 0 Å². The molecule has 0 radical (unpaired) electrons. The summed E-state index contributed by atoms with van der Waals surface area (Å²) in [4.78, 5) is 11.6. The Labute approximate surface area is 125 Å². The molecule has 5 nitrogen and oxygen atoms in total. The van der Waals surface area contributed by atoms with Crippen LogP contribution in [0.4, 0.5) is 0 Å². The summed E-state index contributed by atoms with van der Waals surface area (Å²) in [6.45, 7) is 4.25. The van der Waals surface area contributed by atoms with E-state index in [1.54, 1.807) is 14.9 Å². The van der Waals surface area contributed by atoms with Crippen molar-refractivity contribution in [2.24, 2.45) is 11.8 Å². The van der Waals surface area contributed by atoms with Gasteiger partial charge in [-0.1, -0.05) is 37.6 Å². The smallest absolute Gasteiger partial charge is 0.227 e. The van der Waals surface area contributed by atoms with Gasteiger partial charge >= 0.3 is 0 Å². The van der Waals surface area contributed by atoms with Crippen molar-refractivity contribution in [3.05, 3.63) is 24.3 Å². The average molecular weight is 308 g/mol. The molecule has 1 N–H and O–H groups in total. The van der Waals surface area contributed by atoms with Crippen molar-refractivity contribution in [1.82, 2.24) is 19.7 Å². The number of carbonyl (C=O) groups excluding carboxylic acids is 1. The number of nitrogens with one attached hydrogen (secondary N) is 1. The molecule has 20 heavy (non-hydrogen) atoms. The van der Waals surface area contributed by atoms with Crippen LogP contribution in [0.15, 0.2) is 24.3 Å². The van der Waals surface area contributed by atoms with Gasteiger partial charge in [-0.05, 0) is 28.8 Å². The van der Waals surface area contributed by atoms with Crippen molar-refractivity contribution in [3.63, 3.8) is 0 Å². The van der Waals surface area contributed by atoms with E-state index in [0.717, 1.165) is 17.5 Å². The van der Waals surface area contributed by atoms with E-state index in [9.17, 15) is 4.79 Å². The van der Waals surface area contributed by atoms with Crippen LogP contribution in [-0.2, 0) is 4.79 Å². The molecule has 1 fully saturated rings. The van der Waals surface area contributed by atoms with Crippen molar-refractivity contribution in [1.29, 1.82) is 0 Å². The van der Waals surface area contributed by atoms with Crippen LogP contribution < -0.4 is 5.32 Å². The third-order valence-electron chi connectivity index (χ3n) is 3.71. The van der Waals surface area contributed by atoms with Gasteiger partial charge in [0.05, 0.1) is 11.3 Å². The Morgan fingerprint density at radius 3 is 3.00 bits per heavy atom. The van der Waals surface area contributed by atoms with E-state index in [1.165, 1.54) is 11.0 Å². The fourth-order valence-corrected chi connectivity index (χ4v) is 4.76. The summed E-state index contributed by atoms with van der Waals surface area (Å²) < 4.78 is 1.80. The minimum absolute atomic E-state index is 0.104. The number of aromatic nitrogens is 3. The highest BCUT2D eigenvalue weighted by Gasteiger charge is 2.42. The van der Waals surface area contributed by atoms with E-state index in [0.29, 0.717) is 5.92 Å². The second-order valence-corrected chi connectivity index (χ2v) is 7.18. The third-order valence-corrected chi connectivity index (χ3v) is 6.13. The maximum Gasteiger partial charge on any atom is 0.227 e. The number of nitrogens with zero attached hydrogens (tertiary/aromatic N) is 3. The minimum Gasteiger partial charge on any atom is -0.342 e. The Morgan fingerprint density at radius 2 is 2.25 bits per heavy atom. The Bertz CT molecular complexity index is 630. The van der Waals surface area contributed by atoms with Crippen LogP contribution in [0.5, 0.6) is 0 Å². The second kappa shape index (κ2) is 5.65. The van der Waals surface area contributed by atoms with E-state index in [1.807, 2.05) is 24.3 Å². The van der Waals surface area contributed by atoms with Gasteiger partial charge < -0.3 is 5.32 Å². The lowest BCUT2D eigenvalue weighted by Crippen LogP contribution is -2.58. The fourth-order valence-electron chi connectivity index (χ4n) is 2.25. The zero-order chi connectivity index (χ0) is 14.1. The first-order valence-electron chi connectivity index (χ1n) is 6.65. The molecule has 0 spiro atoms. The second-order valence-electron chi connectivity index (χ2n) is 4.96. The summed E-state index contributed by atoms with van der Waals surface area (Å²) in [5.74, 6) is 0.683. The molecule has 1 amide bonds. The van der Waals surface area contributed by atoms with Crippen molar-refractivity contribution in [2.45, 2.75) is 25.6 Å². The van der Waals surface area contributed by atoms with Crippen LogP contribution in [0.3, 0.4) is 0 Å². The first-order chi connectivity index (χ1) is 9.70. The van der Waals surface area contributed by atoms with Gasteiger partial charge in [0.1, 0.15) is 11.0 Å². The SMILES string of the molecule is CC[C@H](C)[C@@H]1C(=O)N[C@@H]1SSn1nnc2ccccc21. The van der Waals surface area contributed by atoms with E-state index in [4.69, 9.17) is 0 Å². The first-order valence-corrected chi connectivity index (χ1v) is 8.82. The van der Waals surface area contributed by atoms with Gasteiger partial charge in [-0.2, -0.15) is 4.09 Å². The molecule has 0 bridgehead atoms. The lowest BCUT2D eigenvalue weighted by Gasteiger charge is -2.38. The van der Waals surface area contributed by atoms with Gasteiger partial charge in [0, 0.05) is 11.0 Å². The van der Waals surface area contributed by atoms with Gasteiger partial charge in [-0.15, -0.1) is 5.10 Å². The number of hydrogen-bond donors (Lipinski definition) is 1. The predicted molar refractivity (Wildman–Crippen MR) is 83.0 cm³/mol. The zero-order valence-electron chi connectivity index (χ0n) is 11.3. The molecule has 1 aromatic carbocycles. The van der Waals surface area contributed by atoms with Gasteiger partial charge in [0.25, 0.3) is 0 Å². The molecule has 1 aliphatic rings. The standard InChI is InChI=1S/C13H16N4OS2/c1-3-8(2)11-12(18)14-13(11)19-20-17-10-7-5-4-6-9(10)15-16-17/h4-8,11,13H,3H2,1-2H3,(H,14,18)/t8-,11+,13+/m0/s1. The van der Waals surface area contributed by atoms with Gasteiger partial charge in [-0.3, -0.25) is 4.79 Å². The van der Waals surface area contributed by atoms with Crippen LogP contribution in [-0.4, -0.2) is 25.7 Å². The monoisotopic (exact) mass is 308 g/mol. The summed E-state index contributed by atoms with van der Waals surface area (Å²) in [5.41, 5.74) is 1.88. The predicted octanol–water partition coefficient (Wildman–Crippen LogP) is 2.69. The number of carbonyl (C=O) groups is 1. The molecule has 1 aromatic heterocycles. The highest BCUT2D eigenvalue weighted by Crippen LogP contribution is 2.40. The summed E-state index contributed by atoms with van der Waals surface area (Å²) in [6, 6.07) is 7.86. The maximum atomic E-state index is 11.6. The van der Waals surface area contributed by atoms with E-state index < -0.39 is 0 Å². The number of β-lactam (4-membered cyclic amide) rings is 1. The van der Waals surface area contributed by atoms with Crippen molar-refractivity contribution >= 4 is 38.7 Å². The lowest BCUT2D eigenvalue weighted by atomic mass is 9.86. The van der Waals surface area contributed by atoms with Gasteiger partial charge in [0.2, 0.25) is 5.91 Å². The Morgan fingerprint density at radius 1 is 1.45 bits per heavy atom. The normalized spacial score (nSPS) is 23.4. The third kappa shape index (κ3) is 2.40. The minimum atomic E-state index is 0.104. The average Bonchev–Trinajstić information content (AvgIpc) is 2.86. The lowest BCUT2D eigenvalue weighted by molar-refractivity contribution is -0.134. The number of para-hydroxylation sites is 1. The maximum absolute atomic E-state index is 11.6. The molecule has 3 rings (SSSR count). The van der Waals surface area contributed by atoms with Crippen molar-refractivity contribution < 1.29 is 4.79 Å². The Hall–Kier alpha value is -1.21. The number of hydrogen-bond acceptors (Lipinski definition) is 5. The van der Waals surface area contributed by atoms with Crippen LogP contribution in [0.2, 0.25) is 0 Å². The number of amides is 1. The molecular formula is C13H16N4OS2. The largest absolute Gasteiger partial charge is 0.342 e. The van der Waals surface area contributed by atoms with Crippen LogP contribution in [0.25, 0.3) is 11.0 Å². The Kier molecular flexibility index (Phi) is 3.89. The summed E-state index contributed by atoms with van der Waals surface area (Å²) in [5, 5.41) is 11.4. The molecular weight excluding hydrogens is 292 g/mol. The van der Waals surface area contributed by atoms with Gasteiger partial charge in [0.15, 0.2) is 0 Å². The molecule has 0 unspecified atom stereocenters. The number of rotatable bonds is 5. The first kappa shape index (κ1) is 13.8. The highest BCUT2D eigenvalue weighted by molar-refractivity contribution is 8.76. The molecule has 0 saturated carbocycles. The molecule has 1 aliphatic heterocycles. The topological polar surface area (TPSA) is 59.8 Å². The van der Waals surface area contributed by atoms with Gasteiger partial charge in [-0.25, -0.2) is 0 Å². The Balaban J connectivity index is 1.66. The molecule has 7 heteroatoms. The van der Waals surface area contributed by atoms with E-state index in [2.05, 4.69) is 29.5 Å². The highest BCUT2D eigenvalue weighted by atomic mass is 33.1. The summed E-state index contributed by atoms with van der Waals surface area (Å²) in [6.07, 6.45) is 1.02. The quantitative estimate of drug-likeness (QED) is 0.680. The molecule has 2 heterocycles. The number of fused-ring (bicyclic) bond motifs is 1. The van der Waals surface area contributed by atoms with Crippen molar-refractivity contribution in [2.75, 3.05) is 0 Å². The summed E-state index contributed by atoms with van der Waals surface area (Å²) in [7, 11) is 3.16. The molecule has 2 aromatic rings. The summed E-state index contributed by atoms with van der Waals surface area (Å²) >= 11 is 0. The van der Waals surface area contributed by atoms with Crippen LogP contribution >= 0.6 is 21.8 Å². The molecule has 0 aliphatic carbocycles. The molecule has 3 atom stereocenters.